The van der Waals surface area contributed by atoms with E-state index in [4.69, 9.17) is 0 Å². The van der Waals surface area contributed by atoms with Crippen LogP contribution >= 0.6 is 27.3 Å². The molecule has 0 aromatic carbocycles. The Morgan fingerprint density at radius 3 is 2.85 bits per heavy atom. The summed E-state index contributed by atoms with van der Waals surface area (Å²) < 4.78 is 0.845. The molecule has 0 spiro atoms. The summed E-state index contributed by atoms with van der Waals surface area (Å²) in [6.45, 7) is 2.04. The van der Waals surface area contributed by atoms with E-state index in [0.717, 1.165) is 15.3 Å². The molecule has 0 unspecified atom stereocenters. The van der Waals surface area contributed by atoms with Crippen molar-refractivity contribution < 1.29 is 0 Å². The van der Waals surface area contributed by atoms with E-state index < -0.39 is 0 Å². The normalized spacial score (nSPS) is 10.3. The van der Waals surface area contributed by atoms with Gasteiger partial charge in [0.15, 0.2) is 0 Å². The number of nitrogens with zero attached hydrogens (tertiary/aromatic N) is 2. The van der Waals surface area contributed by atoms with Crippen LogP contribution in [-0.2, 0) is 0 Å². The van der Waals surface area contributed by atoms with E-state index in [9.17, 15) is 0 Å². The molecule has 0 saturated heterocycles. The maximum absolute atomic E-state index is 4.32. The molecule has 0 aliphatic heterocycles. The summed E-state index contributed by atoms with van der Waals surface area (Å²) in [5, 5.41) is 0.971. The zero-order valence-electron chi connectivity index (χ0n) is 6.99. The lowest BCUT2D eigenvalue weighted by molar-refractivity contribution is 1.25. The van der Waals surface area contributed by atoms with Gasteiger partial charge in [0, 0.05) is 11.1 Å². The molecule has 2 aromatic rings. The van der Waals surface area contributed by atoms with Gasteiger partial charge in [0.25, 0.3) is 0 Å². The molecular weight excluding hydrogens is 248 g/mol. The predicted octanol–water partition coefficient (Wildman–Crippen LogP) is 3.28. The van der Waals surface area contributed by atoms with Crippen molar-refractivity contribution in [2.45, 2.75) is 6.92 Å². The van der Waals surface area contributed by atoms with Crippen molar-refractivity contribution in [2.24, 2.45) is 0 Å². The highest BCUT2D eigenvalue weighted by molar-refractivity contribution is 9.10. The van der Waals surface area contributed by atoms with Crippen LogP contribution in [0, 0.1) is 6.92 Å². The number of rotatable bonds is 1. The zero-order valence-corrected chi connectivity index (χ0v) is 9.39. The maximum atomic E-state index is 4.32. The maximum Gasteiger partial charge on any atom is 0.142 e. The van der Waals surface area contributed by atoms with Crippen molar-refractivity contribution in [1.29, 1.82) is 0 Å². The number of hydrogen-bond acceptors (Lipinski definition) is 3. The predicted molar refractivity (Wildman–Crippen MR) is 57.8 cm³/mol. The van der Waals surface area contributed by atoms with E-state index >= 15 is 0 Å². The van der Waals surface area contributed by atoms with Crippen LogP contribution < -0.4 is 0 Å². The van der Waals surface area contributed by atoms with Gasteiger partial charge < -0.3 is 0 Å². The molecule has 2 aromatic heterocycles. The van der Waals surface area contributed by atoms with Gasteiger partial charge in [-0.15, -0.1) is 11.3 Å². The summed E-state index contributed by atoms with van der Waals surface area (Å²) in [6, 6.07) is 5.83. The van der Waals surface area contributed by atoms with E-state index in [0.29, 0.717) is 0 Å². The lowest BCUT2D eigenvalue weighted by Gasteiger charge is -1.94. The van der Waals surface area contributed by atoms with Crippen LogP contribution in [-0.4, -0.2) is 9.97 Å². The summed E-state index contributed by atoms with van der Waals surface area (Å²) in [5.74, 6) is 0. The Bertz CT molecular complexity index is 425. The van der Waals surface area contributed by atoms with Gasteiger partial charge in [0.1, 0.15) is 15.3 Å². The van der Waals surface area contributed by atoms with Crippen molar-refractivity contribution in [2.75, 3.05) is 0 Å². The van der Waals surface area contributed by atoms with Crippen molar-refractivity contribution >= 4 is 27.3 Å². The Morgan fingerprint density at radius 1 is 1.38 bits per heavy atom. The van der Waals surface area contributed by atoms with Gasteiger partial charge in [-0.2, -0.15) is 0 Å². The fourth-order valence-corrected chi connectivity index (χ4v) is 2.08. The molecule has 0 saturated carbocycles. The molecule has 66 valence electrons. The molecule has 0 radical (unpaired) electrons. The van der Waals surface area contributed by atoms with Crippen LogP contribution in [0.5, 0.6) is 0 Å². The SMILES string of the molecule is Cc1cnc(-c2cccc(Br)n2)s1. The standard InChI is InChI=1S/C9H7BrN2S/c1-6-5-11-9(13-6)7-3-2-4-8(10)12-7/h2-5H,1H3. The van der Waals surface area contributed by atoms with Gasteiger partial charge in [0.05, 0.1) is 0 Å². The average molecular weight is 255 g/mol. The van der Waals surface area contributed by atoms with Gasteiger partial charge in [0.2, 0.25) is 0 Å². The summed E-state index contributed by atoms with van der Waals surface area (Å²) in [5.41, 5.74) is 0.924. The first-order valence-electron chi connectivity index (χ1n) is 3.81. The number of hydrogen-bond donors (Lipinski definition) is 0. The number of aromatic nitrogens is 2. The molecule has 0 aliphatic carbocycles. The van der Waals surface area contributed by atoms with Crippen molar-refractivity contribution in [3.05, 3.63) is 33.9 Å². The van der Waals surface area contributed by atoms with Crippen LogP contribution in [0.3, 0.4) is 0 Å². The Morgan fingerprint density at radius 2 is 2.23 bits per heavy atom. The third-order valence-electron chi connectivity index (χ3n) is 1.56. The quantitative estimate of drug-likeness (QED) is 0.731. The summed E-state index contributed by atoms with van der Waals surface area (Å²) >= 11 is 4.99. The molecule has 0 fully saturated rings. The number of aryl methyl sites for hydroxylation is 1. The lowest BCUT2D eigenvalue weighted by atomic mass is 10.4. The first-order chi connectivity index (χ1) is 6.25. The van der Waals surface area contributed by atoms with Crippen LogP contribution in [0.2, 0.25) is 0 Å². The minimum atomic E-state index is 0.845. The Labute approximate surface area is 88.8 Å². The topological polar surface area (TPSA) is 25.8 Å². The van der Waals surface area contributed by atoms with E-state index in [1.54, 1.807) is 11.3 Å². The highest BCUT2D eigenvalue weighted by Crippen LogP contribution is 2.23. The molecule has 0 bridgehead atoms. The van der Waals surface area contributed by atoms with Gasteiger partial charge in [-0.1, -0.05) is 6.07 Å². The number of pyridine rings is 1. The zero-order chi connectivity index (χ0) is 9.26. The van der Waals surface area contributed by atoms with E-state index in [1.807, 2.05) is 31.3 Å². The Hall–Kier alpha value is -0.740. The highest BCUT2D eigenvalue weighted by Gasteiger charge is 2.03. The monoisotopic (exact) mass is 254 g/mol. The van der Waals surface area contributed by atoms with Crippen molar-refractivity contribution in [1.82, 2.24) is 9.97 Å². The molecule has 2 rings (SSSR count). The largest absolute Gasteiger partial charge is 0.243 e. The summed E-state index contributed by atoms with van der Waals surface area (Å²) in [4.78, 5) is 9.79. The van der Waals surface area contributed by atoms with Crippen LogP contribution in [0.15, 0.2) is 29.0 Å². The third kappa shape index (κ3) is 1.95. The first-order valence-corrected chi connectivity index (χ1v) is 5.42. The number of halogens is 1. The summed E-state index contributed by atoms with van der Waals surface area (Å²) in [6.07, 6.45) is 1.86. The average Bonchev–Trinajstić information content (AvgIpc) is 2.52. The van der Waals surface area contributed by atoms with Gasteiger partial charge in [-0.3, -0.25) is 0 Å². The Balaban J connectivity index is 2.46. The molecule has 0 aliphatic rings. The molecule has 2 nitrogen and oxygen atoms in total. The van der Waals surface area contributed by atoms with Crippen molar-refractivity contribution in [3.8, 4) is 10.7 Å². The smallest absolute Gasteiger partial charge is 0.142 e. The van der Waals surface area contributed by atoms with E-state index in [1.165, 1.54) is 4.88 Å². The minimum Gasteiger partial charge on any atom is -0.243 e. The van der Waals surface area contributed by atoms with Gasteiger partial charge >= 0.3 is 0 Å². The van der Waals surface area contributed by atoms with Gasteiger partial charge in [-0.05, 0) is 35.0 Å². The third-order valence-corrected chi connectivity index (χ3v) is 2.93. The second kappa shape index (κ2) is 3.55. The van der Waals surface area contributed by atoms with E-state index in [-0.39, 0.29) is 0 Å². The Kier molecular flexibility index (Phi) is 2.42. The molecule has 0 amide bonds. The van der Waals surface area contributed by atoms with E-state index in [2.05, 4.69) is 25.9 Å². The molecule has 13 heavy (non-hydrogen) atoms. The van der Waals surface area contributed by atoms with Crippen LogP contribution in [0.25, 0.3) is 10.7 Å². The first kappa shape index (κ1) is 8.84. The molecule has 2 heterocycles. The second-order valence-corrected chi connectivity index (χ2v) is 4.67. The highest BCUT2D eigenvalue weighted by atomic mass is 79.9. The molecular formula is C9H7BrN2S. The fraction of sp³-hybridized carbons (Fsp3) is 0.111. The lowest BCUT2D eigenvalue weighted by Crippen LogP contribution is -1.81. The van der Waals surface area contributed by atoms with Crippen molar-refractivity contribution in [3.63, 3.8) is 0 Å². The number of thiazole rings is 1. The van der Waals surface area contributed by atoms with Crippen LogP contribution in [0.1, 0.15) is 4.88 Å². The second-order valence-electron chi connectivity index (χ2n) is 2.62. The molecule has 0 atom stereocenters. The van der Waals surface area contributed by atoms with Gasteiger partial charge in [-0.25, -0.2) is 9.97 Å². The fourth-order valence-electron chi connectivity index (χ4n) is 1.00. The minimum absolute atomic E-state index is 0.845. The molecule has 4 heteroatoms. The van der Waals surface area contributed by atoms with Crippen LogP contribution in [0.4, 0.5) is 0 Å². The summed E-state index contributed by atoms with van der Waals surface area (Å²) in [7, 11) is 0. The molecule has 0 N–H and O–H groups in total.